The molecule has 6 heteroatoms. The minimum absolute atomic E-state index is 0.249. The molecular weight excluding hydrogens is 251 g/mol. The number of likely N-dealkylation sites (N-methyl/N-ethyl adjacent to an activating group) is 1. The van der Waals surface area contributed by atoms with E-state index in [9.17, 15) is 14.0 Å². The third-order valence-electron chi connectivity index (χ3n) is 3.25. The number of carbonyl (C=O) groups excluding carboxylic acids is 1. The lowest BCUT2D eigenvalue weighted by molar-refractivity contribution is -0.141. The zero-order chi connectivity index (χ0) is 14.0. The van der Waals surface area contributed by atoms with Crippen LogP contribution in [0.1, 0.15) is 6.42 Å². The molecule has 0 bridgehead atoms. The summed E-state index contributed by atoms with van der Waals surface area (Å²) in [5, 5.41) is 8.84. The van der Waals surface area contributed by atoms with Crippen molar-refractivity contribution >= 4 is 17.6 Å². The number of benzene rings is 1. The number of amides is 1. The van der Waals surface area contributed by atoms with Crippen LogP contribution in [0.25, 0.3) is 0 Å². The van der Waals surface area contributed by atoms with Crippen LogP contribution in [0, 0.1) is 5.82 Å². The first-order chi connectivity index (χ1) is 8.99. The first-order valence-electron chi connectivity index (χ1n) is 5.98. The summed E-state index contributed by atoms with van der Waals surface area (Å²) < 4.78 is 13.2. The SMILES string of the molecule is CN1CCN(c2cccc(F)c2)C(=O)C1CC(=O)O. The van der Waals surface area contributed by atoms with Crippen LogP contribution in [-0.2, 0) is 9.59 Å². The fourth-order valence-corrected chi connectivity index (χ4v) is 2.20. The highest BCUT2D eigenvalue weighted by atomic mass is 19.1. The maximum absolute atomic E-state index is 13.2. The van der Waals surface area contributed by atoms with Crippen molar-refractivity contribution < 1.29 is 19.1 Å². The van der Waals surface area contributed by atoms with E-state index in [0.29, 0.717) is 18.8 Å². The molecule has 1 aromatic rings. The molecule has 1 aliphatic rings. The van der Waals surface area contributed by atoms with E-state index < -0.39 is 17.8 Å². The monoisotopic (exact) mass is 266 g/mol. The molecule has 1 fully saturated rings. The highest BCUT2D eigenvalue weighted by molar-refractivity contribution is 5.99. The number of hydrogen-bond acceptors (Lipinski definition) is 3. The van der Waals surface area contributed by atoms with Crippen LogP contribution in [0.5, 0.6) is 0 Å². The lowest BCUT2D eigenvalue weighted by atomic mass is 10.1. The van der Waals surface area contributed by atoms with E-state index in [2.05, 4.69) is 0 Å². The number of rotatable bonds is 3. The molecule has 1 heterocycles. The number of piperazine rings is 1. The zero-order valence-corrected chi connectivity index (χ0v) is 10.5. The van der Waals surface area contributed by atoms with Gasteiger partial charge in [0.25, 0.3) is 0 Å². The van der Waals surface area contributed by atoms with Crippen LogP contribution in [0.15, 0.2) is 24.3 Å². The van der Waals surface area contributed by atoms with Crippen molar-refractivity contribution in [2.75, 3.05) is 25.0 Å². The van der Waals surface area contributed by atoms with Crippen LogP contribution in [-0.4, -0.2) is 48.1 Å². The molecule has 0 saturated carbocycles. The summed E-state index contributed by atoms with van der Waals surface area (Å²) >= 11 is 0. The van der Waals surface area contributed by atoms with Gasteiger partial charge in [0.15, 0.2) is 0 Å². The summed E-state index contributed by atoms with van der Waals surface area (Å²) in [6, 6.07) is 5.06. The molecule has 0 aliphatic carbocycles. The van der Waals surface area contributed by atoms with Gasteiger partial charge in [-0.2, -0.15) is 0 Å². The van der Waals surface area contributed by atoms with Crippen LogP contribution in [0.2, 0.25) is 0 Å². The fraction of sp³-hybridized carbons (Fsp3) is 0.385. The second kappa shape index (κ2) is 5.36. The summed E-state index contributed by atoms with van der Waals surface area (Å²) in [6.45, 7) is 0.981. The van der Waals surface area contributed by atoms with Crippen molar-refractivity contribution in [3.05, 3.63) is 30.1 Å². The Labute approximate surface area is 110 Å². The number of halogens is 1. The fourth-order valence-electron chi connectivity index (χ4n) is 2.20. The van der Waals surface area contributed by atoms with E-state index in [1.807, 2.05) is 0 Å². The highest BCUT2D eigenvalue weighted by Crippen LogP contribution is 2.21. The first kappa shape index (κ1) is 13.5. The number of carboxylic acid groups (broad SMARTS) is 1. The molecule has 1 aliphatic heterocycles. The minimum atomic E-state index is -1.02. The molecule has 1 atom stereocenters. The normalized spacial score (nSPS) is 20.6. The molecule has 1 amide bonds. The molecule has 0 radical (unpaired) electrons. The van der Waals surface area contributed by atoms with Crippen molar-refractivity contribution in [2.24, 2.45) is 0 Å². The molecule has 102 valence electrons. The zero-order valence-electron chi connectivity index (χ0n) is 10.5. The minimum Gasteiger partial charge on any atom is -0.481 e. The molecule has 1 aromatic carbocycles. The third kappa shape index (κ3) is 2.90. The number of nitrogens with zero attached hydrogens (tertiary/aromatic N) is 2. The van der Waals surface area contributed by atoms with Gasteiger partial charge in [0.1, 0.15) is 11.9 Å². The van der Waals surface area contributed by atoms with Crippen LogP contribution >= 0.6 is 0 Å². The summed E-state index contributed by atoms with van der Waals surface area (Å²) in [4.78, 5) is 26.2. The van der Waals surface area contributed by atoms with Crippen LogP contribution in [0.3, 0.4) is 0 Å². The molecular formula is C13H15FN2O3. The number of aliphatic carboxylic acids is 1. The van der Waals surface area contributed by atoms with Gasteiger partial charge in [0.2, 0.25) is 5.91 Å². The average Bonchev–Trinajstić information content (AvgIpc) is 2.34. The van der Waals surface area contributed by atoms with Gasteiger partial charge in [-0.15, -0.1) is 0 Å². The first-order valence-corrected chi connectivity index (χ1v) is 5.98. The van der Waals surface area contributed by atoms with E-state index in [1.165, 1.54) is 23.1 Å². The summed E-state index contributed by atoms with van der Waals surface area (Å²) in [5.74, 6) is -1.74. The summed E-state index contributed by atoms with van der Waals surface area (Å²) in [5.41, 5.74) is 0.466. The Morgan fingerprint density at radius 2 is 2.21 bits per heavy atom. The largest absolute Gasteiger partial charge is 0.481 e. The van der Waals surface area contributed by atoms with E-state index in [1.54, 1.807) is 18.0 Å². The number of carboxylic acids is 1. The average molecular weight is 266 g/mol. The second-order valence-electron chi connectivity index (χ2n) is 4.56. The Morgan fingerprint density at radius 1 is 1.47 bits per heavy atom. The Morgan fingerprint density at radius 3 is 2.84 bits per heavy atom. The Kier molecular flexibility index (Phi) is 3.80. The van der Waals surface area contributed by atoms with Gasteiger partial charge < -0.3 is 10.0 Å². The molecule has 1 unspecified atom stereocenters. The molecule has 0 aromatic heterocycles. The van der Waals surface area contributed by atoms with Crippen molar-refractivity contribution in [1.82, 2.24) is 4.90 Å². The van der Waals surface area contributed by atoms with Crippen LogP contribution in [0.4, 0.5) is 10.1 Å². The van der Waals surface area contributed by atoms with E-state index in [-0.39, 0.29) is 12.3 Å². The lowest BCUT2D eigenvalue weighted by Gasteiger charge is -2.38. The predicted octanol–water partition coefficient (Wildman–Crippen LogP) is 0.947. The van der Waals surface area contributed by atoms with Gasteiger partial charge >= 0.3 is 5.97 Å². The van der Waals surface area contributed by atoms with Gasteiger partial charge in [-0.3, -0.25) is 14.5 Å². The quantitative estimate of drug-likeness (QED) is 0.884. The number of carbonyl (C=O) groups is 2. The summed E-state index contributed by atoms with van der Waals surface area (Å²) in [6.07, 6.45) is -0.249. The molecule has 2 rings (SSSR count). The Hall–Kier alpha value is -1.95. The highest BCUT2D eigenvalue weighted by Gasteiger charge is 2.34. The van der Waals surface area contributed by atoms with Crippen molar-refractivity contribution in [3.8, 4) is 0 Å². The van der Waals surface area contributed by atoms with E-state index in [0.717, 1.165) is 0 Å². The molecule has 1 N–H and O–H groups in total. The molecule has 1 saturated heterocycles. The number of hydrogen-bond donors (Lipinski definition) is 1. The lowest BCUT2D eigenvalue weighted by Crippen LogP contribution is -2.56. The second-order valence-corrected chi connectivity index (χ2v) is 4.56. The van der Waals surface area contributed by atoms with Crippen LogP contribution < -0.4 is 4.90 Å². The van der Waals surface area contributed by atoms with E-state index >= 15 is 0 Å². The Bertz CT molecular complexity index is 506. The van der Waals surface area contributed by atoms with Crippen molar-refractivity contribution in [1.29, 1.82) is 0 Å². The third-order valence-corrected chi connectivity index (χ3v) is 3.25. The van der Waals surface area contributed by atoms with Gasteiger partial charge in [0, 0.05) is 18.8 Å². The smallest absolute Gasteiger partial charge is 0.305 e. The topological polar surface area (TPSA) is 60.9 Å². The standard InChI is InChI=1S/C13H15FN2O3/c1-15-5-6-16(10-4-2-3-9(14)7-10)13(19)11(15)8-12(17)18/h2-4,7,11H,5-6,8H2,1H3,(H,17,18). The van der Waals surface area contributed by atoms with Crippen molar-refractivity contribution in [2.45, 2.75) is 12.5 Å². The predicted molar refractivity (Wildman–Crippen MR) is 67.4 cm³/mol. The molecule has 0 spiro atoms. The van der Waals surface area contributed by atoms with E-state index in [4.69, 9.17) is 5.11 Å². The Balaban J connectivity index is 2.23. The molecule has 19 heavy (non-hydrogen) atoms. The van der Waals surface area contributed by atoms with Crippen molar-refractivity contribution in [3.63, 3.8) is 0 Å². The number of anilines is 1. The maximum atomic E-state index is 13.2. The molecule has 5 nitrogen and oxygen atoms in total. The maximum Gasteiger partial charge on any atom is 0.305 e. The van der Waals surface area contributed by atoms with Gasteiger partial charge in [-0.25, -0.2) is 4.39 Å². The summed E-state index contributed by atoms with van der Waals surface area (Å²) in [7, 11) is 1.72. The van der Waals surface area contributed by atoms with Gasteiger partial charge in [-0.05, 0) is 25.2 Å². The van der Waals surface area contributed by atoms with Gasteiger partial charge in [-0.1, -0.05) is 6.07 Å². The van der Waals surface area contributed by atoms with Gasteiger partial charge in [0.05, 0.1) is 6.42 Å².